The van der Waals surface area contributed by atoms with Crippen LogP contribution in [0.3, 0.4) is 0 Å². The molecule has 0 aliphatic rings. The molecule has 0 saturated heterocycles. The maximum Gasteiger partial charge on any atom is 0.308 e. The first-order valence-corrected chi connectivity index (χ1v) is 38.3. The van der Waals surface area contributed by atoms with Gasteiger partial charge >= 0.3 is 30.6 Å². The highest BCUT2D eigenvalue weighted by Gasteiger charge is 2.43. The summed E-state index contributed by atoms with van der Waals surface area (Å²) in [7, 11) is -3.99. The zero-order valence-electron chi connectivity index (χ0n) is 55.6. The number of hydrogen-bond acceptors (Lipinski definition) is 12. The molecule has 20 nitrogen and oxygen atoms in total. The fourth-order valence-electron chi connectivity index (χ4n) is 10.0. The van der Waals surface area contributed by atoms with Crippen LogP contribution in [0.1, 0.15) is 71.9 Å². The Hall–Kier alpha value is -9.02. The molecule has 0 amide bonds. The highest BCUT2D eigenvalue weighted by Crippen LogP contribution is 2.36. The van der Waals surface area contributed by atoms with Crippen LogP contribution in [0.5, 0.6) is 0 Å². The summed E-state index contributed by atoms with van der Waals surface area (Å²) in [4.78, 5) is 25.8. The molecule has 8 aromatic carbocycles. The number of fused-ring (bicyclic) bond motifs is 4. The number of aliphatic hydroxyl groups is 1. The van der Waals surface area contributed by atoms with E-state index >= 15 is 0 Å². The van der Waals surface area contributed by atoms with Gasteiger partial charge in [0.05, 0.1) is 17.7 Å². The normalized spacial score (nSPS) is 12.4. The van der Waals surface area contributed by atoms with Gasteiger partial charge in [0.25, 0.3) is 0 Å². The van der Waals surface area contributed by atoms with Crippen LogP contribution >= 0.6 is 12.2 Å². The maximum atomic E-state index is 13.1. The molecule has 0 aliphatic heterocycles. The van der Waals surface area contributed by atoms with Gasteiger partial charge in [-0.1, -0.05) is 198 Å². The fraction of sp³-hybridized carbons (Fsp3) is 0.225. The molecule has 25 heteroatoms. The molecule has 0 spiro atoms. The molecule has 13 aromatic rings. The number of imidazole rings is 5. The molecule has 5 heterocycles. The number of nitrogens with zero attached hydrogens (tertiary/aromatic N) is 10. The summed E-state index contributed by atoms with van der Waals surface area (Å²) in [6.45, 7) is 10.6. The fourth-order valence-corrected chi connectivity index (χ4v) is 15.4. The van der Waals surface area contributed by atoms with Gasteiger partial charge in [-0.15, -0.1) is 0 Å². The van der Waals surface area contributed by atoms with Crippen molar-refractivity contribution in [1.82, 2.24) is 59.7 Å². The minimum Gasteiger partial charge on any atom is -0.382 e. The van der Waals surface area contributed by atoms with E-state index in [2.05, 4.69) is 173 Å². The van der Waals surface area contributed by atoms with Gasteiger partial charge in [0, 0.05) is 110 Å². The van der Waals surface area contributed by atoms with E-state index in [1.165, 1.54) is 125 Å². The van der Waals surface area contributed by atoms with E-state index < -0.39 is 44.8 Å². The van der Waals surface area contributed by atoms with E-state index in [0.717, 1.165) is 62.8 Å². The summed E-state index contributed by atoms with van der Waals surface area (Å²) < 4.78 is 80.3. The van der Waals surface area contributed by atoms with Gasteiger partial charge in [0.2, 0.25) is 0 Å². The van der Waals surface area contributed by atoms with Gasteiger partial charge in [0.15, 0.2) is 4.77 Å². The predicted molar refractivity (Wildman–Crippen MR) is 390 cm³/mol. The van der Waals surface area contributed by atoms with Crippen LogP contribution in [0.25, 0.3) is 43.1 Å². The van der Waals surface area contributed by atoms with Gasteiger partial charge in [-0.25, -0.2) is 31.9 Å². The molecule has 0 fully saturated rings. The Kier molecular flexibility index (Phi) is 22.5. The lowest BCUT2D eigenvalue weighted by atomic mass is 10.0. The Bertz CT molecular complexity index is 5180. The van der Waals surface area contributed by atoms with Crippen molar-refractivity contribution < 1.29 is 30.4 Å². The monoisotopic (exact) mass is 1380 g/mol. The van der Waals surface area contributed by atoms with E-state index in [-0.39, 0.29) is 5.04 Å². The first-order valence-electron chi connectivity index (χ1n) is 30.7. The van der Waals surface area contributed by atoms with Crippen LogP contribution in [0.15, 0.2) is 226 Å². The van der Waals surface area contributed by atoms with Gasteiger partial charge < -0.3 is 20.1 Å². The zero-order chi connectivity index (χ0) is 69.2. The lowest BCUT2D eigenvalue weighted by Gasteiger charge is -2.36. The molecular formula is C71H81N13O7S4Si. The largest absolute Gasteiger partial charge is 0.382 e. The molecule has 0 radical (unpaired) electrons. The summed E-state index contributed by atoms with van der Waals surface area (Å²) in [6.07, 6.45) is 15.3. The van der Waals surface area contributed by atoms with Gasteiger partial charge in [-0.2, -0.15) is 38.2 Å². The van der Waals surface area contributed by atoms with Crippen molar-refractivity contribution in [2.75, 3.05) is 42.3 Å². The molecule has 0 aliphatic carbocycles. The molecule has 0 saturated carbocycles. The van der Waals surface area contributed by atoms with Crippen molar-refractivity contribution in [2.24, 2.45) is 0 Å². The second kappa shape index (κ2) is 30.4. The zero-order valence-corrected chi connectivity index (χ0v) is 59.8. The second-order valence-electron chi connectivity index (χ2n) is 25.0. The van der Waals surface area contributed by atoms with Crippen molar-refractivity contribution in [3.8, 4) is 0 Å². The maximum absolute atomic E-state index is 13.1. The first-order chi connectivity index (χ1) is 45.5. The highest BCUT2D eigenvalue weighted by molar-refractivity contribution is 7.88. The van der Waals surface area contributed by atoms with E-state index in [9.17, 15) is 30.4 Å². The number of H-pyrrole nitrogens is 3. The van der Waals surface area contributed by atoms with Gasteiger partial charge in [-0.3, -0.25) is 0 Å². The molecule has 5 aromatic heterocycles. The molecular weight excluding hydrogens is 1300 g/mol. The first kappa shape index (κ1) is 71.3. The standard InChI is InChI=1S/C22H31N3O3SSi.C16H17N3O2S.C14H12N2S.C14H12N2.C5H9N3O2S/c1-22(2,3)30(6,7)21-23-19(15-25(21)29(27,28)24(4)5)20(26)18-13-12-16-10-8-9-11-17(16)14-18;1-18(2)22(20,21)19-11-16(17-12-19)10-13-7-8-14-5-3-4-6-15(14)9-13;17-14-15-9-13(16-14)8-10-5-6-11-3-1-2-4-12(11)7-10;1-2-4-13-7-11(5-6-12(13)3-1)8-14-9-15-10-16-14;1-7(2)11(9,10)8-4-3-6-5-8/h8-15,20,26H,1-7H3;3-9,11-12H,10H2,1-2H3;1-7,9H,8H2,(H2,15,16,17);1-7,9-10H,8H2,(H,15,16);3-5H,1-2H3. The topological polar surface area (TPSA) is 246 Å². The molecule has 96 heavy (non-hydrogen) atoms. The van der Waals surface area contributed by atoms with E-state index in [0.29, 0.717) is 27.9 Å². The predicted octanol–water partition coefficient (Wildman–Crippen LogP) is 12.3. The Morgan fingerprint density at radius 1 is 0.542 bits per heavy atom. The van der Waals surface area contributed by atoms with Crippen molar-refractivity contribution >= 4 is 99.5 Å². The Morgan fingerprint density at radius 3 is 1.44 bits per heavy atom. The van der Waals surface area contributed by atoms with Crippen LogP contribution in [-0.4, -0.2) is 140 Å². The Labute approximate surface area is 568 Å². The minimum atomic E-state index is -3.77. The van der Waals surface area contributed by atoms with Gasteiger partial charge in [-0.05, 0) is 88.7 Å². The average molecular weight is 1380 g/mol. The van der Waals surface area contributed by atoms with Crippen molar-refractivity contribution in [2.45, 2.75) is 64.3 Å². The highest BCUT2D eigenvalue weighted by atomic mass is 32.2. The summed E-state index contributed by atoms with van der Waals surface area (Å²) in [5, 5.41) is 20.6. The number of hydrogen-bond donors (Lipinski definition) is 4. The molecule has 0 bridgehead atoms. The van der Waals surface area contributed by atoms with Crippen LogP contribution in [0, 0.1) is 4.77 Å². The molecule has 4 N–H and O–H groups in total. The summed E-state index contributed by atoms with van der Waals surface area (Å²) in [5.41, 5.74) is 8.25. The number of aliphatic hydroxyl groups excluding tert-OH is 1. The van der Waals surface area contributed by atoms with Gasteiger partial charge in [0.1, 0.15) is 32.3 Å². The quantitative estimate of drug-likeness (QED) is 0.0553. The summed E-state index contributed by atoms with van der Waals surface area (Å²) in [6, 6.07) is 57.9. The smallest absolute Gasteiger partial charge is 0.308 e. The summed E-state index contributed by atoms with van der Waals surface area (Å²) in [5.74, 6) is 0. The van der Waals surface area contributed by atoms with E-state index in [1.807, 2.05) is 73.1 Å². The molecule has 13 rings (SSSR count). The summed E-state index contributed by atoms with van der Waals surface area (Å²) >= 11 is 5.02. The Morgan fingerprint density at radius 2 is 1.00 bits per heavy atom. The number of aromatic nitrogens is 10. The minimum absolute atomic E-state index is 0.122. The van der Waals surface area contributed by atoms with Crippen LogP contribution in [0.2, 0.25) is 18.1 Å². The van der Waals surface area contributed by atoms with Crippen molar-refractivity contribution in [1.29, 1.82) is 0 Å². The average Bonchev–Trinajstić information content (AvgIpc) is 1.56. The van der Waals surface area contributed by atoms with Crippen molar-refractivity contribution in [3.63, 3.8) is 0 Å². The lowest BCUT2D eigenvalue weighted by Crippen LogP contribution is -2.56. The van der Waals surface area contributed by atoms with E-state index in [4.69, 9.17) is 17.2 Å². The number of benzene rings is 8. The number of aromatic amines is 3. The van der Waals surface area contributed by atoms with Crippen LogP contribution < -0.4 is 5.45 Å². The number of rotatable bonds is 15. The second-order valence-corrected chi connectivity index (χ2v) is 36.8. The van der Waals surface area contributed by atoms with Crippen molar-refractivity contribution in [3.05, 3.63) is 276 Å². The van der Waals surface area contributed by atoms with Crippen LogP contribution in [-0.2, 0) is 49.9 Å². The Balaban J connectivity index is 0.000000146. The van der Waals surface area contributed by atoms with Crippen LogP contribution in [0.4, 0.5) is 0 Å². The third-order valence-corrected chi connectivity index (χ3v) is 27.2. The molecule has 1 unspecified atom stereocenters. The van der Waals surface area contributed by atoms with E-state index in [1.54, 1.807) is 12.5 Å². The number of nitrogens with one attached hydrogen (secondary N) is 3. The third kappa shape index (κ3) is 17.3. The third-order valence-electron chi connectivity index (χ3n) is 16.6. The molecule has 500 valence electrons. The SMILES string of the molecule is CN(C)S(=O)(=O)n1cc(C(O)c2ccc3ccccc3c2)nc1[Si](C)(C)C(C)(C)C.CN(C)S(=O)(=O)n1ccnc1.CN(C)S(=O)(=O)n1cnc(Cc2ccc3ccccc3c2)c1.S=c1[nH]cc(Cc2ccc3ccccc3c2)[nH]1.c1ccc2cc(Cc3cnc[nH]3)ccc2c1. The molecule has 1 atom stereocenters. The lowest BCUT2D eigenvalue weighted by molar-refractivity contribution is 0.216.